The Morgan fingerprint density at radius 2 is 1.72 bits per heavy atom. The summed E-state index contributed by atoms with van der Waals surface area (Å²) >= 11 is 0. The minimum Gasteiger partial charge on any atom is -0.397 e. The molecular formula is C15H17FN2. The molecule has 0 aromatic heterocycles. The first kappa shape index (κ1) is 12.4. The lowest BCUT2D eigenvalue weighted by atomic mass is 10.1. The highest BCUT2D eigenvalue weighted by Gasteiger charge is 2.04. The normalized spacial score (nSPS) is 10.3. The SMILES string of the molecule is CN(CCc1ccc(F)cc1)c1ccccc1N. The van der Waals surface area contributed by atoms with Crippen LogP contribution in [0.5, 0.6) is 0 Å². The van der Waals surface area contributed by atoms with Gasteiger partial charge in [0, 0.05) is 13.6 Å². The molecular weight excluding hydrogens is 227 g/mol. The maximum Gasteiger partial charge on any atom is 0.123 e. The summed E-state index contributed by atoms with van der Waals surface area (Å²) in [7, 11) is 2.01. The molecule has 94 valence electrons. The van der Waals surface area contributed by atoms with E-state index < -0.39 is 0 Å². The second-order valence-corrected chi connectivity index (χ2v) is 4.36. The molecule has 0 aliphatic rings. The number of hydrogen-bond donors (Lipinski definition) is 1. The van der Waals surface area contributed by atoms with Crippen molar-refractivity contribution in [2.75, 3.05) is 24.2 Å². The highest BCUT2D eigenvalue weighted by molar-refractivity contribution is 5.66. The lowest BCUT2D eigenvalue weighted by Crippen LogP contribution is -2.21. The summed E-state index contributed by atoms with van der Waals surface area (Å²) < 4.78 is 12.8. The van der Waals surface area contributed by atoms with Gasteiger partial charge in [0.1, 0.15) is 5.82 Å². The number of halogens is 1. The molecule has 0 radical (unpaired) electrons. The van der Waals surface area contributed by atoms with Crippen molar-refractivity contribution < 1.29 is 4.39 Å². The first-order chi connectivity index (χ1) is 8.66. The van der Waals surface area contributed by atoms with Crippen molar-refractivity contribution in [3.63, 3.8) is 0 Å². The molecule has 0 aliphatic heterocycles. The van der Waals surface area contributed by atoms with E-state index in [0.29, 0.717) is 0 Å². The molecule has 0 amide bonds. The van der Waals surface area contributed by atoms with E-state index in [0.717, 1.165) is 29.9 Å². The average Bonchev–Trinajstić information content (AvgIpc) is 2.38. The van der Waals surface area contributed by atoms with Crippen LogP contribution >= 0.6 is 0 Å². The number of likely N-dealkylation sites (N-methyl/N-ethyl adjacent to an activating group) is 1. The van der Waals surface area contributed by atoms with Crippen molar-refractivity contribution in [3.8, 4) is 0 Å². The van der Waals surface area contributed by atoms with Gasteiger partial charge in [0.2, 0.25) is 0 Å². The van der Waals surface area contributed by atoms with Crippen LogP contribution in [-0.2, 0) is 6.42 Å². The lowest BCUT2D eigenvalue weighted by molar-refractivity contribution is 0.627. The largest absolute Gasteiger partial charge is 0.397 e. The van der Waals surface area contributed by atoms with Crippen LogP contribution < -0.4 is 10.6 Å². The Balaban J connectivity index is 1.98. The summed E-state index contributed by atoms with van der Waals surface area (Å²) in [5.41, 5.74) is 8.85. The van der Waals surface area contributed by atoms with Gasteiger partial charge in [0.25, 0.3) is 0 Å². The molecule has 2 rings (SSSR count). The van der Waals surface area contributed by atoms with Crippen molar-refractivity contribution in [1.82, 2.24) is 0 Å². The van der Waals surface area contributed by atoms with Crippen LogP contribution in [0.4, 0.5) is 15.8 Å². The number of rotatable bonds is 4. The third-order valence-corrected chi connectivity index (χ3v) is 3.00. The molecule has 0 saturated heterocycles. The smallest absolute Gasteiger partial charge is 0.123 e. The second kappa shape index (κ2) is 5.54. The molecule has 0 atom stereocenters. The summed E-state index contributed by atoms with van der Waals surface area (Å²) in [6, 6.07) is 14.4. The molecule has 18 heavy (non-hydrogen) atoms. The van der Waals surface area contributed by atoms with Crippen molar-refractivity contribution >= 4 is 11.4 Å². The number of para-hydroxylation sites is 2. The number of nitrogens with two attached hydrogens (primary N) is 1. The fraction of sp³-hybridized carbons (Fsp3) is 0.200. The van der Waals surface area contributed by atoms with Crippen molar-refractivity contribution in [3.05, 3.63) is 59.9 Å². The lowest BCUT2D eigenvalue weighted by Gasteiger charge is -2.20. The van der Waals surface area contributed by atoms with Crippen molar-refractivity contribution in [2.45, 2.75) is 6.42 Å². The molecule has 0 unspecified atom stereocenters. The molecule has 2 aromatic carbocycles. The van der Waals surface area contributed by atoms with E-state index in [1.165, 1.54) is 12.1 Å². The number of nitrogen functional groups attached to an aromatic ring is 1. The predicted octanol–water partition coefficient (Wildman–Crippen LogP) is 3.09. The van der Waals surface area contributed by atoms with Crippen LogP contribution in [-0.4, -0.2) is 13.6 Å². The summed E-state index contributed by atoms with van der Waals surface area (Å²) in [4.78, 5) is 2.11. The van der Waals surface area contributed by atoms with E-state index in [1.54, 1.807) is 0 Å². The highest BCUT2D eigenvalue weighted by Crippen LogP contribution is 2.21. The third kappa shape index (κ3) is 3.00. The first-order valence-electron chi connectivity index (χ1n) is 5.97. The Morgan fingerprint density at radius 1 is 1.06 bits per heavy atom. The standard InChI is InChI=1S/C15H17FN2/c1-18(15-5-3-2-4-14(15)17)11-10-12-6-8-13(16)9-7-12/h2-9H,10-11,17H2,1H3. The first-order valence-corrected chi connectivity index (χ1v) is 5.97. The Labute approximate surface area is 107 Å². The Bertz CT molecular complexity index is 508. The van der Waals surface area contributed by atoms with Gasteiger partial charge in [0.15, 0.2) is 0 Å². The minimum atomic E-state index is -0.195. The molecule has 0 heterocycles. The quantitative estimate of drug-likeness (QED) is 0.837. The van der Waals surface area contributed by atoms with E-state index in [4.69, 9.17) is 5.73 Å². The molecule has 2 aromatic rings. The highest BCUT2D eigenvalue weighted by atomic mass is 19.1. The second-order valence-electron chi connectivity index (χ2n) is 4.36. The monoisotopic (exact) mass is 244 g/mol. The predicted molar refractivity (Wildman–Crippen MR) is 74.2 cm³/mol. The summed E-state index contributed by atoms with van der Waals surface area (Å²) in [6.45, 7) is 0.847. The van der Waals surface area contributed by atoms with E-state index in [-0.39, 0.29) is 5.82 Å². The molecule has 0 saturated carbocycles. The topological polar surface area (TPSA) is 29.3 Å². The number of hydrogen-bond acceptors (Lipinski definition) is 2. The van der Waals surface area contributed by atoms with E-state index in [1.807, 2.05) is 43.4 Å². The van der Waals surface area contributed by atoms with Crippen molar-refractivity contribution in [2.24, 2.45) is 0 Å². The number of nitrogens with zero attached hydrogens (tertiary/aromatic N) is 1. The Hall–Kier alpha value is -2.03. The Kier molecular flexibility index (Phi) is 3.82. The molecule has 0 aliphatic carbocycles. The van der Waals surface area contributed by atoms with Crippen LogP contribution in [0.2, 0.25) is 0 Å². The molecule has 3 heteroatoms. The van der Waals surface area contributed by atoms with E-state index in [9.17, 15) is 4.39 Å². The van der Waals surface area contributed by atoms with Crippen LogP contribution in [0, 0.1) is 5.82 Å². The molecule has 2 nitrogen and oxygen atoms in total. The fourth-order valence-corrected chi connectivity index (χ4v) is 1.90. The number of anilines is 2. The summed E-state index contributed by atoms with van der Waals surface area (Å²) in [5, 5.41) is 0. The maximum atomic E-state index is 12.8. The Morgan fingerprint density at radius 3 is 2.39 bits per heavy atom. The summed E-state index contributed by atoms with van der Waals surface area (Å²) in [5.74, 6) is -0.195. The maximum absolute atomic E-state index is 12.8. The van der Waals surface area contributed by atoms with E-state index in [2.05, 4.69) is 4.90 Å². The fourth-order valence-electron chi connectivity index (χ4n) is 1.90. The van der Waals surface area contributed by atoms with E-state index >= 15 is 0 Å². The minimum absolute atomic E-state index is 0.195. The number of benzene rings is 2. The van der Waals surface area contributed by atoms with Gasteiger partial charge < -0.3 is 10.6 Å². The van der Waals surface area contributed by atoms with Gasteiger partial charge >= 0.3 is 0 Å². The molecule has 2 N–H and O–H groups in total. The van der Waals surface area contributed by atoms with Gasteiger partial charge in [-0.15, -0.1) is 0 Å². The zero-order valence-corrected chi connectivity index (χ0v) is 10.4. The summed E-state index contributed by atoms with van der Waals surface area (Å²) in [6.07, 6.45) is 0.866. The van der Waals surface area contributed by atoms with Crippen LogP contribution in [0.15, 0.2) is 48.5 Å². The van der Waals surface area contributed by atoms with Gasteiger partial charge in [-0.2, -0.15) is 0 Å². The van der Waals surface area contributed by atoms with Gasteiger partial charge in [-0.25, -0.2) is 4.39 Å². The zero-order chi connectivity index (χ0) is 13.0. The molecule has 0 bridgehead atoms. The van der Waals surface area contributed by atoms with Crippen LogP contribution in [0.3, 0.4) is 0 Å². The van der Waals surface area contributed by atoms with Crippen LogP contribution in [0.1, 0.15) is 5.56 Å². The van der Waals surface area contributed by atoms with Gasteiger partial charge in [0.05, 0.1) is 11.4 Å². The molecule has 0 spiro atoms. The van der Waals surface area contributed by atoms with Gasteiger partial charge in [-0.05, 0) is 36.2 Å². The van der Waals surface area contributed by atoms with Gasteiger partial charge in [-0.3, -0.25) is 0 Å². The van der Waals surface area contributed by atoms with Gasteiger partial charge in [-0.1, -0.05) is 24.3 Å². The zero-order valence-electron chi connectivity index (χ0n) is 10.4. The third-order valence-electron chi connectivity index (χ3n) is 3.00. The van der Waals surface area contributed by atoms with Crippen LogP contribution in [0.25, 0.3) is 0 Å². The molecule has 0 fully saturated rings. The van der Waals surface area contributed by atoms with Crippen molar-refractivity contribution in [1.29, 1.82) is 0 Å². The average molecular weight is 244 g/mol.